The van der Waals surface area contributed by atoms with Crippen molar-refractivity contribution in [1.29, 1.82) is 0 Å². The molecule has 0 saturated carbocycles. The van der Waals surface area contributed by atoms with Gasteiger partial charge in [-0.3, -0.25) is 9.59 Å². The first-order chi connectivity index (χ1) is 10.5. The molecule has 0 aromatic heterocycles. The molecule has 1 atom stereocenters. The van der Waals surface area contributed by atoms with E-state index in [0.29, 0.717) is 29.5 Å². The molecule has 0 radical (unpaired) electrons. The number of rotatable bonds is 4. The molecule has 2 rings (SSSR count). The second-order valence-corrected chi connectivity index (χ2v) is 5.99. The van der Waals surface area contributed by atoms with Gasteiger partial charge in [0.2, 0.25) is 5.91 Å². The highest BCUT2D eigenvalue weighted by molar-refractivity contribution is 9.10. The van der Waals surface area contributed by atoms with E-state index in [2.05, 4.69) is 15.9 Å². The molecule has 1 aromatic carbocycles. The lowest BCUT2D eigenvalue weighted by Crippen LogP contribution is -2.45. The second kappa shape index (κ2) is 7.40. The number of benzene rings is 1. The van der Waals surface area contributed by atoms with Gasteiger partial charge >= 0.3 is 5.97 Å². The van der Waals surface area contributed by atoms with Gasteiger partial charge < -0.3 is 15.4 Å². The molecule has 118 valence electrons. The Morgan fingerprint density at radius 2 is 2.05 bits per heavy atom. The molecular formula is C15H17BrN2O4. The smallest absolute Gasteiger partial charge is 0.339 e. The average Bonchev–Trinajstić information content (AvgIpc) is 2.52. The molecule has 0 spiro atoms. The lowest BCUT2D eigenvalue weighted by molar-refractivity contribution is -0.137. The monoisotopic (exact) mass is 368 g/mol. The van der Waals surface area contributed by atoms with Gasteiger partial charge in [0.15, 0.2) is 6.61 Å². The minimum absolute atomic E-state index is 0.292. The maximum absolute atomic E-state index is 12.1. The SMILES string of the molecule is NC(=O)[C@H]1CCCN(C(=O)COC(=O)c2ccccc2Br)C1. The fourth-order valence-electron chi connectivity index (χ4n) is 2.36. The number of ether oxygens (including phenoxy) is 1. The van der Waals surface area contributed by atoms with E-state index in [-0.39, 0.29) is 18.4 Å². The van der Waals surface area contributed by atoms with Gasteiger partial charge in [-0.05, 0) is 40.9 Å². The summed E-state index contributed by atoms with van der Waals surface area (Å²) in [6.45, 7) is 0.502. The molecule has 22 heavy (non-hydrogen) atoms. The quantitative estimate of drug-likeness (QED) is 0.811. The number of carbonyl (C=O) groups excluding carboxylic acids is 3. The molecule has 7 heteroatoms. The number of likely N-dealkylation sites (tertiary alicyclic amines) is 1. The molecule has 1 saturated heterocycles. The zero-order chi connectivity index (χ0) is 16.1. The van der Waals surface area contributed by atoms with Gasteiger partial charge in [-0.15, -0.1) is 0 Å². The molecule has 0 bridgehead atoms. The summed E-state index contributed by atoms with van der Waals surface area (Å²) in [7, 11) is 0. The van der Waals surface area contributed by atoms with E-state index in [1.807, 2.05) is 0 Å². The summed E-state index contributed by atoms with van der Waals surface area (Å²) in [5.41, 5.74) is 5.64. The summed E-state index contributed by atoms with van der Waals surface area (Å²) in [5.74, 6) is -1.60. The van der Waals surface area contributed by atoms with Gasteiger partial charge in [-0.1, -0.05) is 12.1 Å². The van der Waals surface area contributed by atoms with Crippen molar-refractivity contribution in [3.05, 3.63) is 34.3 Å². The van der Waals surface area contributed by atoms with Crippen LogP contribution >= 0.6 is 15.9 Å². The Balaban J connectivity index is 1.89. The van der Waals surface area contributed by atoms with E-state index in [1.165, 1.54) is 4.90 Å². The van der Waals surface area contributed by atoms with Crippen LogP contribution in [0.1, 0.15) is 23.2 Å². The predicted molar refractivity (Wildman–Crippen MR) is 82.9 cm³/mol. The number of nitrogens with two attached hydrogens (primary N) is 1. The van der Waals surface area contributed by atoms with E-state index >= 15 is 0 Å². The van der Waals surface area contributed by atoms with Crippen LogP contribution in [0.5, 0.6) is 0 Å². The van der Waals surface area contributed by atoms with Crippen LogP contribution in [0.3, 0.4) is 0 Å². The van der Waals surface area contributed by atoms with Crippen LogP contribution in [0.2, 0.25) is 0 Å². The summed E-state index contributed by atoms with van der Waals surface area (Å²) >= 11 is 3.26. The molecular weight excluding hydrogens is 352 g/mol. The molecule has 6 nitrogen and oxygen atoms in total. The summed E-state index contributed by atoms with van der Waals surface area (Å²) in [4.78, 5) is 36.7. The summed E-state index contributed by atoms with van der Waals surface area (Å²) < 4.78 is 5.65. The Kier molecular flexibility index (Phi) is 5.54. The molecule has 0 unspecified atom stereocenters. The Labute approximate surface area is 136 Å². The predicted octanol–water partition coefficient (Wildman–Crippen LogP) is 1.33. The zero-order valence-electron chi connectivity index (χ0n) is 12.0. The Morgan fingerprint density at radius 1 is 1.32 bits per heavy atom. The Bertz CT molecular complexity index is 591. The van der Waals surface area contributed by atoms with Crippen LogP contribution in [0.15, 0.2) is 28.7 Å². The molecule has 1 heterocycles. The zero-order valence-corrected chi connectivity index (χ0v) is 13.5. The van der Waals surface area contributed by atoms with Gasteiger partial charge in [0.25, 0.3) is 5.91 Å². The van der Waals surface area contributed by atoms with Crippen LogP contribution in [0.4, 0.5) is 0 Å². The number of amides is 2. The minimum atomic E-state index is -0.565. The number of esters is 1. The topological polar surface area (TPSA) is 89.7 Å². The fourth-order valence-corrected chi connectivity index (χ4v) is 2.81. The Hall–Kier alpha value is -1.89. The van der Waals surface area contributed by atoms with Crippen molar-refractivity contribution in [2.75, 3.05) is 19.7 Å². The summed E-state index contributed by atoms with van der Waals surface area (Å²) in [5, 5.41) is 0. The van der Waals surface area contributed by atoms with E-state index in [4.69, 9.17) is 10.5 Å². The third-order valence-corrected chi connectivity index (χ3v) is 4.29. The van der Waals surface area contributed by atoms with Crippen LogP contribution < -0.4 is 5.73 Å². The van der Waals surface area contributed by atoms with Crippen LogP contribution in [-0.2, 0) is 14.3 Å². The normalized spacial score (nSPS) is 17.9. The molecule has 1 aliphatic rings. The first-order valence-corrected chi connectivity index (χ1v) is 7.77. The second-order valence-electron chi connectivity index (χ2n) is 5.14. The fraction of sp³-hybridized carbons (Fsp3) is 0.400. The highest BCUT2D eigenvalue weighted by Crippen LogP contribution is 2.18. The van der Waals surface area contributed by atoms with Gasteiger partial charge in [0, 0.05) is 17.6 Å². The standard InChI is InChI=1S/C15H17BrN2O4/c16-12-6-2-1-5-11(12)15(21)22-9-13(19)18-7-3-4-10(8-18)14(17)20/h1-2,5-6,10H,3-4,7-9H2,(H2,17,20)/t10-/m0/s1. The highest BCUT2D eigenvalue weighted by atomic mass is 79.9. The van der Waals surface area contributed by atoms with Gasteiger partial charge in [-0.25, -0.2) is 4.79 Å². The van der Waals surface area contributed by atoms with Crippen molar-refractivity contribution in [3.63, 3.8) is 0 Å². The van der Waals surface area contributed by atoms with Crippen molar-refractivity contribution >= 4 is 33.7 Å². The number of hydrogen-bond acceptors (Lipinski definition) is 4. The maximum atomic E-state index is 12.1. The third-order valence-electron chi connectivity index (χ3n) is 3.60. The summed E-state index contributed by atoms with van der Waals surface area (Å²) in [6, 6.07) is 6.83. The van der Waals surface area contributed by atoms with Crippen LogP contribution in [-0.4, -0.2) is 42.4 Å². The maximum Gasteiger partial charge on any atom is 0.339 e. The molecule has 1 fully saturated rings. The highest BCUT2D eigenvalue weighted by Gasteiger charge is 2.27. The van der Waals surface area contributed by atoms with E-state index in [0.717, 1.165) is 6.42 Å². The first-order valence-electron chi connectivity index (χ1n) is 6.97. The molecule has 2 amide bonds. The molecule has 2 N–H and O–H groups in total. The number of primary amides is 1. The minimum Gasteiger partial charge on any atom is -0.452 e. The van der Waals surface area contributed by atoms with Crippen molar-refractivity contribution in [2.45, 2.75) is 12.8 Å². The number of halogens is 1. The van der Waals surface area contributed by atoms with Crippen molar-refractivity contribution < 1.29 is 19.1 Å². The summed E-state index contributed by atoms with van der Waals surface area (Å²) in [6.07, 6.45) is 1.41. The van der Waals surface area contributed by atoms with E-state index in [9.17, 15) is 14.4 Å². The van der Waals surface area contributed by atoms with E-state index in [1.54, 1.807) is 24.3 Å². The number of nitrogens with zero attached hydrogens (tertiary/aromatic N) is 1. The van der Waals surface area contributed by atoms with Crippen molar-refractivity contribution in [2.24, 2.45) is 11.7 Å². The molecule has 0 aliphatic carbocycles. The largest absolute Gasteiger partial charge is 0.452 e. The van der Waals surface area contributed by atoms with Crippen molar-refractivity contribution in [3.8, 4) is 0 Å². The molecule has 1 aliphatic heterocycles. The lowest BCUT2D eigenvalue weighted by Gasteiger charge is -2.31. The van der Waals surface area contributed by atoms with Crippen LogP contribution in [0, 0.1) is 5.92 Å². The van der Waals surface area contributed by atoms with Crippen LogP contribution in [0.25, 0.3) is 0 Å². The number of hydrogen-bond donors (Lipinski definition) is 1. The number of carbonyl (C=O) groups is 3. The lowest BCUT2D eigenvalue weighted by atomic mass is 9.97. The van der Waals surface area contributed by atoms with E-state index < -0.39 is 11.9 Å². The van der Waals surface area contributed by atoms with Gasteiger partial charge in [0.1, 0.15) is 0 Å². The first kappa shape index (κ1) is 16.5. The van der Waals surface area contributed by atoms with Gasteiger partial charge in [-0.2, -0.15) is 0 Å². The molecule has 1 aromatic rings. The average molecular weight is 369 g/mol. The Morgan fingerprint density at radius 3 is 2.73 bits per heavy atom. The third kappa shape index (κ3) is 4.07. The van der Waals surface area contributed by atoms with Crippen molar-refractivity contribution in [1.82, 2.24) is 4.90 Å². The van der Waals surface area contributed by atoms with Gasteiger partial charge in [0.05, 0.1) is 11.5 Å². The number of piperidine rings is 1.